The largest absolute Gasteiger partial charge is 0.489 e. The van der Waals surface area contributed by atoms with Crippen LogP contribution in [0.4, 0.5) is 5.00 Å². The SMILES string of the molecule is O=C(O)CCc1ccc(OCc2ccc(CN3CCCCc4nc(-c5ccc(-c6ccccc6)cc5)sc43)cc2)cc1. The van der Waals surface area contributed by atoms with Gasteiger partial charge >= 0.3 is 5.97 Å². The van der Waals surface area contributed by atoms with Crippen molar-refractivity contribution in [2.75, 3.05) is 11.4 Å². The van der Waals surface area contributed by atoms with Gasteiger partial charge in [-0.25, -0.2) is 4.98 Å². The molecule has 0 aliphatic carbocycles. The Bertz CT molecular complexity index is 1610. The smallest absolute Gasteiger partial charge is 0.303 e. The number of carboxylic acid groups (broad SMARTS) is 1. The van der Waals surface area contributed by atoms with Crippen molar-refractivity contribution >= 4 is 22.3 Å². The fourth-order valence-corrected chi connectivity index (χ4v) is 6.44. The number of benzene rings is 4. The molecular formula is C36H34N2O3S. The molecule has 42 heavy (non-hydrogen) atoms. The number of rotatable bonds is 10. The van der Waals surface area contributed by atoms with Crippen molar-refractivity contribution in [3.8, 4) is 27.4 Å². The second-order valence-corrected chi connectivity index (χ2v) is 11.7. The summed E-state index contributed by atoms with van der Waals surface area (Å²) in [5.74, 6) is 0.00260. The minimum Gasteiger partial charge on any atom is -0.489 e. The molecule has 0 bridgehead atoms. The van der Waals surface area contributed by atoms with Crippen molar-refractivity contribution < 1.29 is 14.6 Å². The van der Waals surface area contributed by atoms with Gasteiger partial charge in [0.2, 0.25) is 0 Å². The first-order valence-electron chi connectivity index (χ1n) is 14.5. The Labute approximate surface area is 251 Å². The van der Waals surface area contributed by atoms with E-state index >= 15 is 0 Å². The van der Waals surface area contributed by atoms with Gasteiger partial charge in [0.15, 0.2) is 0 Å². The Morgan fingerprint density at radius 3 is 2.19 bits per heavy atom. The van der Waals surface area contributed by atoms with E-state index in [0.717, 1.165) is 47.8 Å². The van der Waals surface area contributed by atoms with Gasteiger partial charge in [-0.1, -0.05) is 102 Å². The first-order valence-corrected chi connectivity index (χ1v) is 15.3. The number of anilines is 1. The molecule has 6 heteroatoms. The Kier molecular flexibility index (Phi) is 8.61. The predicted molar refractivity (Wildman–Crippen MR) is 170 cm³/mol. The lowest BCUT2D eigenvalue weighted by atomic mass is 10.0. The van der Waals surface area contributed by atoms with Gasteiger partial charge in [0, 0.05) is 25.1 Å². The van der Waals surface area contributed by atoms with Gasteiger partial charge in [0.05, 0.1) is 5.69 Å². The maximum absolute atomic E-state index is 10.8. The van der Waals surface area contributed by atoms with Gasteiger partial charge in [-0.05, 0) is 65.6 Å². The summed E-state index contributed by atoms with van der Waals surface area (Å²) in [6.45, 7) is 2.39. The number of hydrogen-bond acceptors (Lipinski definition) is 5. The zero-order valence-corrected chi connectivity index (χ0v) is 24.4. The van der Waals surface area contributed by atoms with Crippen LogP contribution in [-0.2, 0) is 30.8 Å². The van der Waals surface area contributed by atoms with Crippen LogP contribution in [0.25, 0.3) is 21.7 Å². The summed E-state index contributed by atoms with van der Waals surface area (Å²) in [4.78, 5) is 18.4. The van der Waals surface area contributed by atoms with Crippen LogP contribution in [-0.4, -0.2) is 22.6 Å². The molecule has 0 saturated heterocycles. The molecule has 4 aromatic carbocycles. The van der Waals surface area contributed by atoms with Gasteiger partial charge in [0.1, 0.15) is 22.4 Å². The normalized spacial score (nSPS) is 12.9. The lowest BCUT2D eigenvalue weighted by molar-refractivity contribution is -0.136. The van der Waals surface area contributed by atoms with Gasteiger partial charge in [-0.3, -0.25) is 4.79 Å². The molecule has 0 spiro atoms. The molecule has 6 rings (SSSR count). The molecule has 5 aromatic rings. The van der Waals surface area contributed by atoms with Crippen LogP contribution in [0.2, 0.25) is 0 Å². The van der Waals surface area contributed by atoms with Crippen LogP contribution in [0.1, 0.15) is 41.6 Å². The minimum atomic E-state index is -0.781. The average Bonchev–Trinajstić information content (AvgIpc) is 3.37. The van der Waals surface area contributed by atoms with Gasteiger partial charge in [-0.2, -0.15) is 0 Å². The van der Waals surface area contributed by atoms with Crippen LogP contribution in [0.15, 0.2) is 103 Å². The van der Waals surface area contributed by atoms with E-state index in [1.807, 2.05) is 41.7 Å². The van der Waals surface area contributed by atoms with Crippen LogP contribution in [0, 0.1) is 0 Å². The number of aromatic nitrogens is 1. The van der Waals surface area contributed by atoms with Crippen LogP contribution >= 0.6 is 11.3 Å². The zero-order chi connectivity index (χ0) is 28.7. The van der Waals surface area contributed by atoms with Gasteiger partial charge in [0.25, 0.3) is 0 Å². The summed E-state index contributed by atoms with van der Waals surface area (Å²) in [5, 5.41) is 11.3. The average molecular weight is 575 g/mol. The topological polar surface area (TPSA) is 62.7 Å². The van der Waals surface area contributed by atoms with Crippen molar-refractivity contribution in [1.29, 1.82) is 0 Å². The molecule has 1 aliphatic heterocycles. The standard InChI is InChI=1S/C36H34N2O3S/c39-34(40)22-15-26-13-20-32(21-14-26)41-25-28-11-9-27(10-12-28)24-38-23-5-4-8-33-36(38)42-35(37-33)31-18-16-30(17-19-31)29-6-2-1-3-7-29/h1-3,6-7,9-14,16-21H,4-5,8,15,22-25H2,(H,39,40). The van der Waals surface area contributed by atoms with Crippen molar-refractivity contribution in [1.82, 2.24) is 4.98 Å². The summed E-state index contributed by atoms with van der Waals surface area (Å²) in [6, 6.07) is 35.6. The quantitative estimate of drug-likeness (QED) is 0.181. The number of aliphatic carboxylic acids is 1. The van der Waals surface area contributed by atoms with Crippen molar-refractivity contribution in [2.45, 2.75) is 45.3 Å². The van der Waals surface area contributed by atoms with Crippen LogP contribution in [0.5, 0.6) is 5.75 Å². The fourth-order valence-electron chi connectivity index (χ4n) is 5.29. The maximum atomic E-state index is 10.8. The van der Waals surface area contributed by atoms with Crippen LogP contribution < -0.4 is 9.64 Å². The molecule has 0 radical (unpaired) electrons. The van der Waals surface area contributed by atoms with Gasteiger partial charge in [-0.15, -0.1) is 0 Å². The number of carboxylic acids is 1. The number of hydrogen-bond donors (Lipinski definition) is 1. The Morgan fingerprint density at radius 1 is 0.786 bits per heavy atom. The second-order valence-electron chi connectivity index (χ2n) is 10.7. The van der Waals surface area contributed by atoms with E-state index in [4.69, 9.17) is 14.8 Å². The Hall–Kier alpha value is -4.42. The number of thiazole rings is 1. The van der Waals surface area contributed by atoms with E-state index < -0.39 is 5.97 Å². The Balaban J connectivity index is 1.09. The molecule has 0 amide bonds. The third-order valence-corrected chi connectivity index (χ3v) is 8.85. The number of aryl methyl sites for hydroxylation is 2. The molecule has 1 N–H and O–H groups in total. The highest BCUT2D eigenvalue weighted by atomic mass is 32.1. The molecule has 2 heterocycles. The maximum Gasteiger partial charge on any atom is 0.303 e. The van der Waals surface area contributed by atoms with E-state index in [0.29, 0.717) is 13.0 Å². The predicted octanol–water partition coefficient (Wildman–Crippen LogP) is 8.42. The second kappa shape index (κ2) is 13.0. The van der Waals surface area contributed by atoms with Gasteiger partial charge < -0.3 is 14.7 Å². The third kappa shape index (κ3) is 6.89. The molecule has 1 aliphatic rings. The lowest BCUT2D eigenvalue weighted by Gasteiger charge is -2.22. The van der Waals surface area contributed by atoms with E-state index in [-0.39, 0.29) is 6.42 Å². The zero-order valence-electron chi connectivity index (χ0n) is 23.5. The summed E-state index contributed by atoms with van der Waals surface area (Å²) in [5.41, 5.74) is 8.23. The van der Waals surface area contributed by atoms with Crippen molar-refractivity contribution in [3.05, 3.63) is 126 Å². The molecule has 0 unspecified atom stereocenters. The Morgan fingerprint density at radius 2 is 1.45 bits per heavy atom. The highest BCUT2D eigenvalue weighted by Gasteiger charge is 2.21. The summed E-state index contributed by atoms with van der Waals surface area (Å²) in [6.07, 6.45) is 4.03. The van der Waals surface area contributed by atoms with E-state index in [2.05, 4.69) is 77.7 Å². The first-order chi connectivity index (χ1) is 20.6. The van der Waals surface area contributed by atoms with E-state index in [9.17, 15) is 4.79 Å². The number of fused-ring (bicyclic) bond motifs is 1. The van der Waals surface area contributed by atoms with Crippen molar-refractivity contribution in [2.24, 2.45) is 0 Å². The summed E-state index contributed by atoms with van der Waals surface area (Å²) < 4.78 is 5.97. The molecule has 5 nitrogen and oxygen atoms in total. The van der Waals surface area contributed by atoms with E-state index in [1.165, 1.54) is 39.4 Å². The number of carbonyl (C=O) groups is 1. The molecule has 0 fully saturated rings. The summed E-state index contributed by atoms with van der Waals surface area (Å²) in [7, 11) is 0. The third-order valence-electron chi connectivity index (χ3n) is 7.65. The fraction of sp³-hybridized carbons (Fsp3) is 0.222. The molecular weight excluding hydrogens is 540 g/mol. The number of nitrogens with zero attached hydrogens (tertiary/aromatic N) is 2. The summed E-state index contributed by atoms with van der Waals surface area (Å²) >= 11 is 1.81. The minimum absolute atomic E-state index is 0.137. The lowest BCUT2D eigenvalue weighted by Crippen LogP contribution is -2.22. The monoisotopic (exact) mass is 574 g/mol. The highest BCUT2D eigenvalue weighted by molar-refractivity contribution is 7.19. The van der Waals surface area contributed by atoms with E-state index in [1.54, 1.807) is 0 Å². The van der Waals surface area contributed by atoms with Crippen LogP contribution in [0.3, 0.4) is 0 Å². The van der Waals surface area contributed by atoms with Crippen molar-refractivity contribution in [3.63, 3.8) is 0 Å². The molecule has 0 saturated carbocycles. The number of ether oxygens (including phenoxy) is 1. The first kappa shape index (κ1) is 27.7. The highest BCUT2D eigenvalue weighted by Crippen LogP contribution is 2.38. The molecule has 1 aromatic heterocycles. The molecule has 0 atom stereocenters. The molecule has 212 valence electrons.